The Hall–Kier alpha value is -1.20. The number of alkyl halides is 2. The molecule has 3 N–H and O–H groups in total. The van der Waals surface area contributed by atoms with Crippen LogP contribution in [0.25, 0.3) is 0 Å². The van der Waals surface area contributed by atoms with E-state index in [0.29, 0.717) is 36.0 Å². The predicted molar refractivity (Wildman–Crippen MR) is 125 cm³/mol. The summed E-state index contributed by atoms with van der Waals surface area (Å²) in [5.41, 5.74) is 5.58. The Kier molecular flexibility index (Phi) is 6.63. The number of fused-ring (bicyclic) bond motifs is 5. The fraction of sp³-hybridized carbons (Fsp3) is 0.926. The molecular weight excluding hydrogens is 422 g/mol. The van der Waals surface area contributed by atoms with Crippen molar-refractivity contribution >= 4 is 11.8 Å². The number of rotatable bonds is 6. The lowest BCUT2D eigenvalue weighted by atomic mass is 9.45. The third kappa shape index (κ3) is 4.01. The van der Waals surface area contributed by atoms with Crippen LogP contribution < -0.4 is 11.1 Å². The largest absolute Gasteiger partial charge is 0.369 e. The van der Waals surface area contributed by atoms with Crippen LogP contribution in [0.1, 0.15) is 86.0 Å². The summed E-state index contributed by atoms with van der Waals surface area (Å²) in [6.07, 6.45) is 5.47. The molecule has 3 saturated carbocycles. The van der Waals surface area contributed by atoms with Crippen molar-refractivity contribution in [3.63, 3.8) is 0 Å². The predicted octanol–water partition coefficient (Wildman–Crippen LogP) is 5.40. The molecule has 0 radical (unpaired) electrons. The number of nitrogens with one attached hydrogen (secondary N) is 1. The molecule has 10 atom stereocenters. The van der Waals surface area contributed by atoms with Crippen LogP contribution >= 0.6 is 0 Å². The Balaban J connectivity index is 1.60. The van der Waals surface area contributed by atoms with E-state index < -0.39 is 24.2 Å². The van der Waals surface area contributed by atoms with Gasteiger partial charge in [-0.05, 0) is 97.7 Å². The van der Waals surface area contributed by atoms with E-state index in [4.69, 9.17) is 5.73 Å². The van der Waals surface area contributed by atoms with E-state index in [1.54, 1.807) is 6.92 Å². The Morgan fingerprint density at radius 3 is 2.33 bits per heavy atom. The van der Waals surface area contributed by atoms with Crippen molar-refractivity contribution in [1.29, 1.82) is 0 Å². The molecule has 6 heteroatoms. The van der Waals surface area contributed by atoms with Crippen molar-refractivity contribution in [3.8, 4) is 0 Å². The number of hydrogen-bond donors (Lipinski definition) is 2. The third-order valence-electron chi connectivity index (χ3n) is 10.9. The van der Waals surface area contributed by atoms with Crippen molar-refractivity contribution in [1.82, 2.24) is 5.32 Å². The van der Waals surface area contributed by atoms with Gasteiger partial charge in [-0.2, -0.15) is 0 Å². The van der Waals surface area contributed by atoms with Gasteiger partial charge < -0.3 is 11.1 Å². The molecule has 5 unspecified atom stereocenters. The lowest BCUT2D eigenvalue weighted by Gasteiger charge is -2.61. The highest BCUT2D eigenvalue weighted by molar-refractivity contribution is 6.00. The third-order valence-corrected chi connectivity index (χ3v) is 10.9. The summed E-state index contributed by atoms with van der Waals surface area (Å²) in [4.78, 5) is 24.5. The number of piperidine rings is 1. The van der Waals surface area contributed by atoms with Crippen LogP contribution in [0.4, 0.5) is 8.78 Å². The Labute approximate surface area is 198 Å². The fourth-order valence-corrected chi connectivity index (χ4v) is 9.24. The maximum Gasteiger partial charge on any atom is 0.241 e. The first-order valence-corrected chi connectivity index (χ1v) is 13.3. The maximum atomic E-state index is 13.9. The normalized spacial score (nSPS) is 44.6. The first kappa shape index (κ1) is 24.9. The summed E-state index contributed by atoms with van der Waals surface area (Å²) in [5.74, 6) is 0.342. The summed E-state index contributed by atoms with van der Waals surface area (Å²) in [7, 11) is 0. The lowest BCUT2D eigenvalue weighted by molar-refractivity contribution is -0.151. The number of amides is 2. The minimum atomic E-state index is -2.27. The van der Waals surface area contributed by atoms with Crippen LogP contribution in [0.2, 0.25) is 0 Å². The maximum absolute atomic E-state index is 13.9. The van der Waals surface area contributed by atoms with E-state index in [2.05, 4.69) is 33.0 Å². The van der Waals surface area contributed by atoms with Gasteiger partial charge in [0.2, 0.25) is 18.2 Å². The van der Waals surface area contributed by atoms with E-state index >= 15 is 0 Å². The molecule has 0 aromatic heterocycles. The SMILES string of the molecule is CC(C)CC(C(C)C(F)F)C1CC[C@H]2[C@@H]3CCC4NC(=O)C(C(N)=O)C[C@]4(C)[C@@H]3CC[C@]12C. The Morgan fingerprint density at radius 2 is 1.73 bits per heavy atom. The summed E-state index contributed by atoms with van der Waals surface area (Å²) < 4.78 is 27.8. The zero-order valence-corrected chi connectivity index (χ0v) is 21.1. The number of carbonyl (C=O) groups excluding carboxylic acids is 2. The number of nitrogens with two attached hydrogens (primary N) is 1. The van der Waals surface area contributed by atoms with Crippen LogP contribution in [-0.2, 0) is 9.59 Å². The van der Waals surface area contributed by atoms with E-state index in [9.17, 15) is 18.4 Å². The van der Waals surface area contributed by atoms with E-state index in [0.717, 1.165) is 44.9 Å². The number of hydrogen-bond acceptors (Lipinski definition) is 2. The molecule has 1 heterocycles. The molecule has 188 valence electrons. The average molecular weight is 467 g/mol. The number of carbonyl (C=O) groups is 2. The van der Waals surface area contributed by atoms with Gasteiger partial charge in [-0.3, -0.25) is 9.59 Å². The van der Waals surface area contributed by atoms with E-state index in [-0.39, 0.29) is 28.7 Å². The molecule has 0 bridgehead atoms. The van der Waals surface area contributed by atoms with Gasteiger partial charge in [0, 0.05) is 12.0 Å². The van der Waals surface area contributed by atoms with E-state index in [1.165, 1.54) is 0 Å². The van der Waals surface area contributed by atoms with Crippen LogP contribution in [0.5, 0.6) is 0 Å². The molecule has 4 aliphatic rings. The smallest absolute Gasteiger partial charge is 0.241 e. The highest BCUT2D eigenvalue weighted by atomic mass is 19.3. The number of halogens is 2. The summed E-state index contributed by atoms with van der Waals surface area (Å²) in [5, 5.41) is 3.15. The van der Waals surface area contributed by atoms with Gasteiger partial charge in [0.1, 0.15) is 5.92 Å². The van der Waals surface area contributed by atoms with Crippen LogP contribution in [0.3, 0.4) is 0 Å². The van der Waals surface area contributed by atoms with Gasteiger partial charge in [-0.25, -0.2) is 8.78 Å². The first-order valence-electron chi connectivity index (χ1n) is 13.3. The highest BCUT2D eigenvalue weighted by Gasteiger charge is 2.62. The molecule has 0 aromatic carbocycles. The average Bonchev–Trinajstić information content (AvgIpc) is 3.08. The fourth-order valence-electron chi connectivity index (χ4n) is 9.24. The second-order valence-corrected chi connectivity index (χ2v) is 12.9. The second-order valence-electron chi connectivity index (χ2n) is 12.9. The number of primary amides is 1. The van der Waals surface area contributed by atoms with Gasteiger partial charge >= 0.3 is 0 Å². The molecule has 1 saturated heterocycles. The Morgan fingerprint density at radius 1 is 1.06 bits per heavy atom. The van der Waals surface area contributed by atoms with E-state index in [1.807, 2.05) is 0 Å². The van der Waals surface area contributed by atoms with Crippen molar-refractivity contribution < 1.29 is 18.4 Å². The zero-order chi connectivity index (χ0) is 24.3. The van der Waals surface area contributed by atoms with Crippen LogP contribution in [0, 0.1) is 58.2 Å². The van der Waals surface area contributed by atoms with Crippen LogP contribution in [0.15, 0.2) is 0 Å². The minimum absolute atomic E-state index is 0.0664. The van der Waals surface area contributed by atoms with Crippen molar-refractivity contribution in [2.24, 2.45) is 63.9 Å². The quantitative estimate of drug-likeness (QED) is 0.515. The second kappa shape index (κ2) is 8.78. The molecule has 3 aliphatic carbocycles. The summed E-state index contributed by atoms with van der Waals surface area (Å²) in [6, 6.07) is 0.107. The minimum Gasteiger partial charge on any atom is -0.369 e. The molecule has 2 amide bonds. The monoisotopic (exact) mass is 466 g/mol. The van der Waals surface area contributed by atoms with Gasteiger partial charge in [-0.15, -0.1) is 0 Å². The van der Waals surface area contributed by atoms with Gasteiger partial charge in [0.05, 0.1) is 0 Å². The topological polar surface area (TPSA) is 72.2 Å². The molecule has 33 heavy (non-hydrogen) atoms. The molecular formula is C27H44F2N2O2. The lowest BCUT2D eigenvalue weighted by Crippen LogP contribution is -2.64. The van der Waals surface area contributed by atoms with Crippen molar-refractivity contribution in [2.45, 2.75) is 98.5 Å². The Bertz CT molecular complexity index is 773. The summed E-state index contributed by atoms with van der Waals surface area (Å²) in [6.45, 7) is 10.7. The van der Waals surface area contributed by atoms with Gasteiger partial charge in [0.15, 0.2) is 0 Å². The van der Waals surface area contributed by atoms with Gasteiger partial charge in [0.25, 0.3) is 0 Å². The molecule has 4 rings (SSSR count). The van der Waals surface area contributed by atoms with Gasteiger partial charge in [-0.1, -0.05) is 34.6 Å². The van der Waals surface area contributed by atoms with Crippen molar-refractivity contribution in [3.05, 3.63) is 0 Å². The molecule has 0 spiro atoms. The molecule has 1 aliphatic heterocycles. The van der Waals surface area contributed by atoms with Crippen LogP contribution in [-0.4, -0.2) is 24.3 Å². The zero-order valence-electron chi connectivity index (χ0n) is 21.1. The highest BCUT2D eigenvalue weighted by Crippen LogP contribution is 2.67. The standard InChI is InChI=1S/C27H44F2N2O2/c1-14(2)12-17(15(3)23(28)29)20-8-7-19-16-6-9-22-27(5,21(16)10-11-26(19,20)4)13-18(24(30)32)25(33)31-22/h14-23H,6-13H2,1-5H3,(H2,30,32)(H,31,33)/t15?,16-,17?,18?,19-,20?,21+,22?,26-,27+/m0/s1. The summed E-state index contributed by atoms with van der Waals surface area (Å²) >= 11 is 0. The first-order chi connectivity index (χ1) is 15.4. The van der Waals surface area contributed by atoms with Crippen molar-refractivity contribution in [2.75, 3.05) is 0 Å². The molecule has 0 aromatic rings. The molecule has 4 nitrogen and oxygen atoms in total. The molecule has 4 fully saturated rings.